The Kier molecular flexibility index (Phi) is 1.24. The molecule has 68 valence electrons. The van der Waals surface area contributed by atoms with Crippen LogP contribution in [0.2, 0.25) is 0 Å². The number of hydrogen-bond acceptors (Lipinski definition) is 2. The second-order valence-corrected chi connectivity index (χ2v) is 4.54. The van der Waals surface area contributed by atoms with Crippen molar-refractivity contribution in [3.05, 3.63) is 0 Å². The van der Waals surface area contributed by atoms with Crippen molar-refractivity contribution in [3.8, 4) is 0 Å². The van der Waals surface area contributed by atoms with Crippen LogP contribution in [-0.4, -0.2) is 16.6 Å². The van der Waals surface area contributed by atoms with E-state index in [-0.39, 0.29) is 11.3 Å². The Morgan fingerprint density at radius 1 is 1.42 bits per heavy atom. The summed E-state index contributed by atoms with van der Waals surface area (Å²) < 4.78 is 0. The van der Waals surface area contributed by atoms with Gasteiger partial charge in [-0.15, -0.1) is 0 Å². The highest BCUT2D eigenvalue weighted by molar-refractivity contribution is 5.83. The quantitative estimate of drug-likeness (QED) is 0.611. The van der Waals surface area contributed by atoms with E-state index in [0.29, 0.717) is 5.92 Å². The molecule has 2 rings (SSSR count). The van der Waals surface area contributed by atoms with Crippen molar-refractivity contribution in [1.82, 2.24) is 0 Å². The molecule has 2 aliphatic rings. The van der Waals surface area contributed by atoms with E-state index in [0.717, 1.165) is 12.8 Å². The number of aliphatic carboxylic acids is 1. The van der Waals surface area contributed by atoms with E-state index in [1.807, 2.05) is 6.92 Å². The lowest BCUT2D eigenvalue weighted by Gasteiger charge is -2.51. The summed E-state index contributed by atoms with van der Waals surface area (Å²) in [5.74, 6) is -0.166. The second-order valence-electron chi connectivity index (χ2n) is 4.54. The summed E-state index contributed by atoms with van der Waals surface area (Å²) in [6.45, 7) is 4.03. The number of rotatable bonds is 1. The van der Waals surface area contributed by atoms with Crippen molar-refractivity contribution in [1.29, 1.82) is 0 Å². The molecule has 3 N–H and O–H groups in total. The van der Waals surface area contributed by atoms with Crippen LogP contribution < -0.4 is 5.73 Å². The summed E-state index contributed by atoms with van der Waals surface area (Å²) in [7, 11) is 0. The first-order valence-corrected chi connectivity index (χ1v) is 4.47. The van der Waals surface area contributed by atoms with Gasteiger partial charge in [-0.05, 0) is 24.7 Å². The van der Waals surface area contributed by atoms with Gasteiger partial charge in [-0.25, -0.2) is 0 Å². The molecule has 0 saturated heterocycles. The number of nitrogens with two attached hydrogens (primary N) is 1. The Labute approximate surface area is 71.9 Å². The van der Waals surface area contributed by atoms with Crippen LogP contribution in [0.1, 0.15) is 26.7 Å². The van der Waals surface area contributed by atoms with Gasteiger partial charge in [-0.3, -0.25) is 4.79 Å². The Morgan fingerprint density at radius 3 is 2.08 bits per heavy atom. The number of hydrogen-bond donors (Lipinski definition) is 2. The first-order valence-electron chi connectivity index (χ1n) is 4.47. The summed E-state index contributed by atoms with van der Waals surface area (Å²) in [6.07, 6.45) is 2.00. The van der Waals surface area contributed by atoms with E-state index in [2.05, 4.69) is 6.92 Å². The molecule has 12 heavy (non-hydrogen) atoms. The first-order chi connectivity index (χ1) is 5.45. The molecule has 0 amide bonds. The molecule has 0 aliphatic heterocycles. The molecule has 2 aliphatic carbocycles. The summed E-state index contributed by atoms with van der Waals surface area (Å²) in [5, 5.41) is 9.03. The predicted octanol–water partition coefficient (Wildman–Crippen LogP) is 0.834. The zero-order valence-electron chi connectivity index (χ0n) is 7.50. The SMILES string of the molecule is CC1CC12CC(C)C2(N)C(=O)O. The van der Waals surface area contributed by atoms with E-state index in [9.17, 15) is 4.79 Å². The Bertz CT molecular complexity index is 253. The minimum atomic E-state index is -0.924. The predicted molar refractivity (Wildman–Crippen MR) is 44.5 cm³/mol. The van der Waals surface area contributed by atoms with Crippen LogP contribution in [0.15, 0.2) is 0 Å². The van der Waals surface area contributed by atoms with E-state index in [4.69, 9.17) is 10.8 Å². The lowest BCUT2D eigenvalue weighted by Crippen LogP contribution is -2.68. The van der Waals surface area contributed by atoms with E-state index in [1.165, 1.54) is 0 Å². The Hall–Kier alpha value is -0.570. The third-order valence-electron chi connectivity index (χ3n) is 4.08. The Morgan fingerprint density at radius 2 is 1.92 bits per heavy atom. The van der Waals surface area contributed by atoms with Crippen molar-refractivity contribution in [2.24, 2.45) is 23.0 Å². The van der Waals surface area contributed by atoms with Crippen molar-refractivity contribution >= 4 is 5.97 Å². The molecule has 2 saturated carbocycles. The Balaban J connectivity index is 2.29. The van der Waals surface area contributed by atoms with Gasteiger partial charge in [0.2, 0.25) is 0 Å². The maximum atomic E-state index is 11.0. The van der Waals surface area contributed by atoms with Crippen LogP contribution in [-0.2, 0) is 4.79 Å². The zero-order chi connectivity index (χ0) is 9.15. The number of carboxylic acids is 1. The molecular formula is C9H15NO2. The summed E-state index contributed by atoms with van der Waals surface area (Å²) >= 11 is 0. The highest BCUT2D eigenvalue weighted by Crippen LogP contribution is 2.71. The van der Waals surface area contributed by atoms with Gasteiger partial charge in [0.05, 0.1) is 0 Å². The smallest absolute Gasteiger partial charge is 0.324 e. The molecule has 0 heterocycles. The van der Waals surface area contributed by atoms with E-state index < -0.39 is 11.5 Å². The molecule has 0 radical (unpaired) electrons. The number of carboxylic acid groups (broad SMARTS) is 1. The van der Waals surface area contributed by atoms with Gasteiger partial charge < -0.3 is 10.8 Å². The van der Waals surface area contributed by atoms with Crippen molar-refractivity contribution < 1.29 is 9.90 Å². The maximum Gasteiger partial charge on any atom is 0.324 e. The summed E-state index contributed by atoms with van der Waals surface area (Å²) in [4.78, 5) is 11.0. The third kappa shape index (κ3) is 0.565. The minimum Gasteiger partial charge on any atom is -0.480 e. The highest BCUT2D eigenvalue weighted by atomic mass is 16.4. The van der Waals surface area contributed by atoms with Gasteiger partial charge in [-0.2, -0.15) is 0 Å². The molecule has 0 bridgehead atoms. The molecule has 2 fully saturated rings. The molecule has 0 aromatic carbocycles. The monoisotopic (exact) mass is 169 g/mol. The van der Waals surface area contributed by atoms with Gasteiger partial charge in [-0.1, -0.05) is 13.8 Å². The van der Waals surface area contributed by atoms with Gasteiger partial charge >= 0.3 is 5.97 Å². The van der Waals surface area contributed by atoms with E-state index >= 15 is 0 Å². The molecule has 0 aromatic rings. The van der Waals surface area contributed by atoms with Crippen molar-refractivity contribution in [2.45, 2.75) is 32.2 Å². The van der Waals surface area contributed by atoms with Crippen LogP contribution >= 0.6 is 0 Å². The van der Waals surface area contributed by atoms with Crippen molar-refractivity contribution in [2.75, 3.05) is 0 Å². The van der Waals surface area contributed by atoms with Gasteiger partial charge in [0.1, 0.15) is 5.54 Å². The maximum absolute atomic E-state index is 11.0. The summed E-state index contributed by atoms with van der Waals surface area (Å²) in [6, 6.07) is 0. The molecular weight excluding hydrogens is 154 g/mol. The topological polar surface area (TPSA) is 63.3 Å². The highest BCUT2D eigenvalue weighted by Gasteiger charge is 2.75. The van der Waals surface area contributed by atoms with Gasteiger partial charge in [0, 0.05) is 5.41 Å². The van der Waals surface area contributed by atoms with Crippen LogP contribution in [0.4, 0.5) is 0 Å². The first kappa shape index (κ1) is 8.05. The largest absolute Gasteiger partial charge is 0.480 e. The van der Waals surface area contributed by atoms with Crippen LogP contribution in [0.5, 0.6) is 0 Å². The standard InChI is InChI=1S/C9H15NO2/c1-5-3-8(5)4-6(2)9(8,10)7(11)12/h5-6H,3-4,10H2,1-2H3,(H,11,12). The van der Waals surface area contributed by atoms with Crippen molar-refractivity contribution in [3.63, 3.8) is 0 Å². The molecule has 3 nitrogen and oxygen atoms in total. The van der Waals surface area contributed by atoms with Gasteiger partial charge in [0.15, 0.2) is 0 Å². The fourth-order valence-corrected chi connectivity index (χ4v) is 3.01. The minimum absolute atomic E-state index is 0.0434. The number of carbonyl (C=O) groups is 1. The van der Waals surface area contributed by atoms with Crippen LogP contribution in [0.25, 0.3) is 0 Å². The molecule has 4 unspecified atom stereocenters. The molecule has 0 aromatic heterocycles. The molecule has 3 heteroatoms. The van der Waals surface area contributed by atoms with Gasteiger partial charge in [0.25, 0.3) is 0 Å². The fourth-order valence-electron chi connectivity index (χ4n) is 3.01. The summed E-state index contributed by atoms with van der Waals surface area (Å²) in [5.41, 5.74) is 4.95. The van der Waals surface area contributed by atoms with Crippen LogP contribution in [0, 0.1) is 17.3 Å². The molecule has 4 atom stereocenters. The zero-order valence-corrected chi connectivity index (χ0v) is 7.50. The third-order valence-corrected chi connectivity index (χ3v) is 4.08. The lowest BCUT2D eigenvalue weighted by atomic mass is 9.56. The fraction of sp³-hybridized carbons (Fsp3) is 0.889. The van der Waals surface area contributed by atoms with E-state index in [1.54, 1.807) is 0 Å². The van der Waals surface area contributed by atoms with Crippen LogP contribution in [0.3, 0.4) is 0 Å². The molecule has 1 spiro atoms. The lowest BCUT2D eigenvalue weighted by molar-refractivity contribution is -0.158. The average Bonchev–Trinajstić information content (AvgIpc) is 2.63. The second kappa shape index (κ2) is 1.84. The normalized spacial score (nSPS) is 56.6. The average molecular weight is 169 g/mol.